The maximum absolute atomic E-state index is 15.2. The summed E-state index contributed by atoms with van der Waals surface area (Å²) in [7, 11) is 0. The molecule has 0 fully saturated rings. The van der Waals surface area contributed by atoms with Crippen molar-refractivity contribution in [1.82, 2.24) is 0 Å². The largest absolute Gasteiger partial charge is 0.490 e. The van der Waals surface area contributed by atoms with Crippen LogP contribution in [0.3, 0.4) is 0 Å². The molecular formula is C31H34F2O4. The SMILES string of the molecule is C=C(C)C(=O)OCCOc1cc(-c2ccc(-c3ccc(CCCCC)cc3F)cc2F)ccc1CCO. The van der Waals surface area contributed by atoms with E-state index in [-0.39, 0.29) is 25.6 Å². The van der Waals surface area contributed by atoms with Crippen molar-refractivity contribution in [3.63, 3.8) is 0 Å². The van der Waals surface area contributed by atoms with Gasteiger partial charge in [0, 0.05) is 23.3 Å². The van der Waals surface area contributed by atoms with Crippen molar-refractivity contribution < 1.29 is 28.2 Å². The minimum atomic E-state index is -0.502. The molecule has 0 saturated carbocycles. The van der Waals surface area contributed by atoms with Crippen LogP contribution in [-0.4, -0.2) is 30.9 Å². The summed E-state index contributed by atoms with van der Waals surface area (Å²) in [5.74, 6) is -0.888. The predicted octanol–water partition coefficient (Wildman–Crippen LogP) is 7.06. The lowest BCUT2D eigenvalue weighted by Gasteiger charge is -2.14. The molecule has 0 heterocycles. The van der Waals surface area contributed by atoms with E-state index in [1.807, 2.05) is 6.07 Å². The zero-order chi connectivity index (χ0) is 26.8. The molecule has 37 heavy (non-hydrogen) atoms. The molecule has 0 aromatic heterocycles. The van der Waals surface area contributed by atoms with Gasteiger partial charge in [0.15, 0.2) is 0 Å². The van der Waals surface area contributed by atoms with Crippen molar-refractivity contribution >= 4 is 5.97 Å². The Hall–Kier alpha value is -3.51. The minimum Gasteiger partial charge on any atom is -0.490 e. The summed E-state index contributed by atoms with van der Waals surface area (Å²) in [4.78, 5) is 11.5. The molecule has 0 atom stereocenters. The van der Waals surface area contributed by atoms with E-state index in [0.717, 1.165) is 36.8 Å². The van der Waals surface area contributed by atoms with Crippen molar-refractivity contribution in [3.8, 4) is 28.0 Å². The second-order valence-corrected chi connectivity index (χ2v) is 9.03. The van der Waals surface area contributed by atoms with Crippen molar-refractivity contribution in [2.24, 2.45) is 0 Å². The number of rotatable bonds is 13. The Bertz CT molecular complexity index is 1240. The zero-order valence-electron chi connectivity index (χ0n) is 21.5. The van der Waals surface area contributed by atoms with Gasteiger partial charge in [-0.1, -0.05) is 62.7 Å². The first-order valence-corrected chi connectivity index (χ1v) is 12.6. The molecule has 0 bridgehead atoms. The smallest absolute Gasteiger partial charge is 0.333 e. The van der Waals surface area contributed by atoms with E-state index in [1.54, 1.807) is 43.3 Å². The highest BCUT2D eigenvalue weighted by Crippen LogP contribution is 2.33. The Labute approximate surface area is 217 Å². The third-order valence-corrected chi connectivity index (χ3v) is 6.06. The van der Waals surface area contributed by atoms with E-state index in [2.05, 4.69) is 13.5 Å². The molecule has 0 spiro atoms. The fraction of sp³-hybridized carbons (Fsp3) is 0.323. The van der Waals surface area contributed by atoms with Gasteiger partial charge in [0.2, 0.25) is 0 Å². The van der Waals surface area contributed by atoms with Gasteiger partial charge in [-0.3, -0.25) is 0 Å². The first-order chi connectivity index (χ1) is 17.8. The number of aryl methyl sites for hydroxylation is 1. The van der Waals surface area contributed by atoms with Gasteiger partial charge in [0.25, 0.3) is 0 Å². The highest BCUT2D eigenvalue weighted by Gasteiger charge is 2.14. The van der Waals surface area contributed by atoms with Crippen molar-refractivity contribution in [2.45, 2.75) is 46.0 Å². The number of esters is 1. The molecule has 0 aliphatic heterocycles. The second kappa shape index (κ2) is 13.7. The Kier molecular flexibility index (Phi) is 10.4. The molecule has 0 amide bonds. The molecule has 0 aliphatic rings. The Morgan fingerprint density at radius 2 is 1.57 bits per heavy atom. The van der Waals surface area contributed by atoms with Gasteiger partial charge in [-0.05, 0) is 66.6 Å². The number of carbonyl (C=O) groups is 1. The van der Waals surface area contributed by atoms with Crippen LogP contribution in [0.2, 0.25) is 0 Å². The summed E-state index contributed by atoms with van der Waals surface area (Å²) in [6.07, 6.45) is 4.41. The quantitative estimate of drug-likeness (QED) is 0.153. The highest BCUT2D eigenvalue weighted by molar-refractivity contribution is 5.86. The van der Waals surface area contributed by atoms with E-state index in [4.69, 9.17) is 9.47 Å². The second-order valence-electron chi connectivity index (χ2n) is 9.03. The summed E-state index contributed by atoms with van der Waals surface area (Å²) in [6, 6.07) is 15.0. The highest BCUT2D eigenvalue weighted by atomic mass is 19.1. The lowest BCUT2D eigenvalue weighted by atomic mass is 9.96. The number of carbonyl (C=O) groups excluding carboxylic acids is 1. The molecule has 196 valence electrons. The third-order valence-electron chi connectivity index (χ3n) is 6.06. The van der Waals surface area contributed by atoms with Gasteiger partial charge in [-0.2, -0.15) is 0 Å². The Balaban J connectivity index is 1.79. The van der Waals surface area contributed by atoms with Crippen LogP contribution in [-0.2, 0) is 22.4 Å². The summed E-state index contributed by atoms with van der Waals surface area (Å²) >= 11 is 0. The van der Waals surface area contributed by atoms with Crippen LogP contribution in [0.15, 0.2) is 66.7 Å². The summed E-state index contributed by atoms with van der Waals surface area (Å²) in [5, 5.41) is 9.39. The van der Waals surface area contributed by atoms with E-state index in [9.17, 15) is 14.3 Å². The lowest BCUT2D eigenvalue weighted by Crippen LogP contribution is -2.13. The number of hydrogen-bond donors (Lipinski definition) is 1. The lowest BCUT2D eigenvalue weighted by molar-refractivity contribution is -0.139. The van der Waals surface area contributed by atoms with E-state index < -0.39 is 11.8 Å². The van der Waals surface area contributed by atoms with Crippen LogP contribution < -0.4 is 4.74 Å². The van der Waals surface area contributed by atoms with Gasteiger partial charge in [0.1, 0.15) is 30.6 Å². The summed E-state index contributed by atoms with van der Waals surface area (Å²) in [6.45, 7) is 7.26. The number of benzene rings is 3. The van der Waals surface area contributed by atoms with Gasteiger partial charge >= 0.3 is 5.97 Å². The Morgan fingerprint density at radius 3 is 2.22 bits per heavy atom. The van der Waals surface area contributed by atoms with Crippen LogP contribution in [0.1, 0.15) is 44.2 Å². The summed E-state index contributed by atoms with van der Waals surface area (Å²) < 4.78 is 40.9. The molecule has 4 nitrogen and oxygen atoms in total. The first kappa shape index (κ1) is 28.1. The molecule has 0 radical (unpaired) electrons. The van der Waals surface area contributed by atoms with Crippen LogP contribution in [0, 0.1) is 11.6 Å². The maximum Gasteiger partial charge on any atom is 0.333 e. The summed E-state index contributed by atoms with van der Waals surface area (Å²) in [5.41, 5.74) is 3.72. The molecule has 0 saturated heterocycles. The number of ether oxygens (including phenoxy) is 2. The minimum absolute atomic E-state index is 0.0283. The van der Waals surface area contributed by atoms with Gasteiger partial charge < -0.3 is 14.6 Å². The normalized spacial score (nSPS) is 10.8. The molecule has 0 aliphatic carbocycles. The number of unbranched alkanes of at least 4 members (excludes halogenated alkanes) is 2. The Morgan fingerprint density at radius 1 is 0.892 bits per heavy atom. The van der Waals surface area contributed by atoms with E-state index in [1.165, 1.54) is 12.1 Å². The predicted molar refractivity (Wildman–Crippen MR) is 143 cm³/mol. The molecule has 3 rings (SSSR count). The molecule has 3 aromatic carbocycles. The van der Waals surface area contributed by atoms with Crippen molar-refractivity contribution in [1.29, 1.82) is 0 Å². The first-order valence-electron chi connectivity index (χ1n) is 12.6. The van der Waals surface area contributed by atoms with Crippen LogP contribution in [0.4, 0.5) is 8.78 Å². The van der Waals surface area contributed by atoms with Crippen LogP contribution >= 0.6 is 0 Å². The zero-order valence-corrected chi connectivity index (χ0v) is 21.5. The number of hydrogen-bond acceptors (Lipinski definition) is 4. The number of aliphatic hydroxyl groups excluding tert-OH is 1. The molecule has 0 unspecified atom stereocenters. The standard InChI is InChI=1S/C31H34F2O4/c1-4-5-6-7-22-8-12-26(28(32)18-22)24-11-13-27(29(33)19-24)25-10-9-23(14-15-34)30(20-25)36-16-17-37-31(35)21(2)3/h8-13,18-20,34H,2,4-7,14-17H2,1,3H3. The van der Waals surface area contributed by atoms with E-state index in [0.29, 0.717) is 40.0 Å². The number of halogens is 2. The fourth-order valence-electron chi connectivity index (χ4n) is 4.04. The monoisotopic (exact) mass is 508 g/mol. The van der Waals surface area contributed by atoms with Crippen molar-refractivity contribution in [3.05, 3.63) is 89.5 Å². The third kappa shape index (κ3) is 7.73. The van der Waals surface area contributed by atoms with Gasteiger partial charge in [0.05, 0.1) is 0 Å². The molecule has 1 N–H and O–H groups in total. The van der Waals surface area contributed by atoms with E-state index >= 15 is 4.39 Å². The van der Waals surface area contributed by atoms with Gasteiger partial charge in [-0.15, -0.1) is 0 Å². The fourth-order valence-corrected chi connectivity index (χ4v) is 4.04. The van der Waals surface area contributed by atoms with Gasteiger partial charge in [-0.25, -0.2) is 13.6 Å². The molecular weight excluding hydrogens is 474 g/mol. The maximum atomic E-state index is 15.2. The topological polar surface area (TPSA) is 55.8 Å². The van der Waals surface area contributed by atoms with Crippen LogP contribution in [0.5, 0.6) is 5.75 Å². The molecule has 6 heteroatoms. The molecule has 3 aromatic rings. The number of aliphatic hydroxyl groups is 1. The average Bonchev–Trinajstić information content (AvgIpc) is 2.87. The van der Waals surface area contributed by atoms with Crippen LogP contribution in [0.25, 0.3) is 22.3 Å². The average molecular weight is 509 g/mol. The van der Waals surface area contributed by atoms with Crippen molar-refractivity contribution in [2.75, 3.05) is 19.8 Å².